The van der Waals surface area contributed by atoms with Crippen LogP contribution in [0.25, 0.3) is 0 Å². The van der Waals surface area contributed by atoms with Crippen LogP contribution in [0, 0.1) is 5.92 Å². The first-order valence-electron chi connectivity index (χ1n) is 7.60. The van der Waals surface area contributed by atoms with Gasteiger partial charge < -0.3 is 10.6 Å². The van der Waals surface area contributed by atoms with Crippen molar-refractivity contribution in [1.29, 1.82) is 0 Å². The zero-order valence-corrected chi connectivity index (χ0v) is 12.5. The fourth-order valence-corrected chi connectivity index (χ4v) is 2.30. The van der Waals surface area contributed by atoms with Gasteiger partial charge in [-0.2, -0.15) is 0 Å². The molecular formula is C16H27N3. The van der Waals surface area contributed by atoms with Crippen LogP contribution in [0.3, 0.4) is 0 Å². The molecule has 2 rings (SSSR count). The first-order chi connectivity index (χ1) is 9.11. The van der Waals surface area contributed by atoms with Gasteiger partial charge in [-0.3, -0.25) is 4.98 Å². The van der Waals surface area contributed by atoms with Crippen LogP contribution in [-0.2, 0) is 0 Å². The van der Waals surface area contributed by atoms with Gasteiger partial charge in [0.15, 0.2) is 0 Å². The molecule has 106 valence electrons. The molecule has 1 heterocycles. The van der Waals surface area contributed by atoms with Crippen LogP contribution in [0.1, 0.15) is 58.2 Å². The number of rotatable bonds is 7. The maximum absolute atomic E-state index is 6.01. The molecule has 0 unspecified atom stereocenters. The molecule has 0 aliphatic heterocycles. The second kappa shape index (κ2) is 6.38. The van der Waals surface area contributed by atoms with Gasteiger partial charge in [0.25, 0.3) is 0 Å². The maximum Gasteiger partial charge on any atom is 0.0572 e. The molecule has 0 aromatic carbocycles. The molecule has 0 bridgehead atoms. The molecule has 0 saturated heterocycles. The van der Waals surface area contributed by atoms with Gasteiger partial charge in [-0.05, 0) is 43.7 Å². The predicted octanol–water partition coefficient (Wildman–Crippen LogP) is 3.51. The number of hydrogen-bond donors (Lipinski definition) is 1. The van der Waals surface area contributed by atoms with Crippen molar-refractivity contribution in [2.24, 2.45) is 11.7 Å². The summed E-state index contributed by atoms with van der Waals surface area (Å²) in [4.78, 5) is 7.06. The van der Waals surface area contributed by atoms with Crippen molar-refractivity contribution in [3.05, 3.63) is 24.0 Å². The van der Waals surface area contributed by atoms with E-state index < -0.39 is 0 Å². The molecule has 2 N–H and O–H groups in total. The second-order valence-corrected chi connectivity index (χ2v) is 6.06. The summed E-state index contributed by atoms with van der Waals surface area (Å²) in [5.41, 5.74) is 8.28. The molecule has 0 amide bonds. The zero-order valence-electron chi connectivity index (χ0n) is 12.5. The van der Waals surface area contributed by atoms with E-state index in [1.54, 1.807) is 0 Å². The van der Waals surface area contributed by atoms with Crippen molar-refractivity contribution in [1.82, 2.24) is 4.98 Å². The lowest BCUT2D eigenvalue weighted by atomic mass is 10.1. The van der Waals surface area contributed by atoms with Gasteiger partial charge in [0.2, 0.25) is 0 Å². The molecule has 3 nitrogen and oxygen atoms in total. The standard InChI is InChI=1S/C16H27N3/c1-4-15(17)16-8-7-14(11-18-16)19(13-5-6-13)10-9-12(2)3/h7-8,11-13,15H,4-6,9-10,17H2,1-3H3/t15-/m1/s1. The Morgan fingerprint density at radius 1 is 1.37 bits per heavy atom. The van der Waals surface area contributed by atoms with Crippen molar-refractivity contribution >= 4 is 5.69 Å². The van der Waals surface area contributed by atoms with Crippen molar-refractivity contribution in [2.45, 2.75) is 58.5 Å². The van der Waals surface area contributed by atoms with Crippen LogP contribution in [0.15, 0.2) is 18.3 Å². The molecule has 19 heavy (non-hydrogen) atoms. The normalized spacial score (nSPS) is 16.7. The van der Waals surface area contributed by atoms with E-state index in [-0.39, 0.29) is 6.04 Å². The predicted molar refractivity (Wildman–Crippen MR) is 81.3 cm³/mol. The summed E-state index contributed by atoms with van der Waals surface area (Å²) in [6.45, 7) is 7.81. The quantitative estimate of drug-likeness (QED) is 0.816. The maximum atomic E-state index is 6.01. The fourth-order valence-electron chi connectivity index (χ4n) is 2.30. The smallest absolute Gasteiger partial charge is 0.0572 e. The number of anilines is 1. The number of nitrogens with zero attached hydrogens (tertiary/aromatic N) is 2. The summed E-state index contributed by atoms with van der Waals surface area (Å²) < 4.78 is 0. The molecular weight excluding hydrogens is 234 g/mol. The number of nitrogens with two attached hydrogens (primary N) is 1. The van der Waals surface area contributed by atoms with E-state index in [9.17, 15) is 0 Å². The van der Waals surface area contributed by atoms with E-state index in [2.05, 4.69) is 42.8 Å². The Morgan fingerprint density at radius 3 is 2.58 bits per heavy atom. The summed E-state index contributed by atoms with van der Waals surface area (Å²) >= 11 is 0. The lowest BCUT2D eigenvalue weighted by molar-refractivity contribution is 0.570. The third-order valence-corrected chi connectivity index (χ3v) is 3.86. The minimum atomic E-state index is 0.0686. The van der Waals surface area contributed by atoms with Gasteiger partial charge in [0.05, 0.1) is 17.6 Å². The Labute approximate surface area is 117 Å². The average Bonchev–Trinajstić information content (AvgIpc) is 3.23. The first kappa shape index (κ1) is 14.3. The largest absolute Gasteiger partial charge is 0.367 e. The van der Waals surface area contributed by atoms with E-state index >= 15 is 0 Å². The van der Waals surface area contributed by atoms with Crippen LogP contribution >= 0.6 is 0 Å². The molecule has 1 aliphatic carbocycles. The molecule has 0 spiro atoms. The summed E-state index contributed by atoms with van der Waals surface area (Å²) in [5.74, 6) is 0.752. The summed E-state index contributed by atoms with van der Waals surface area (Å²) in [5, 5.41) is 0. The molecule has 1 atom stereocenters. The van der Waals surface area contributed by atoms with Gasteiger partial charge >= 0.3 is 0 Å². The monoisotopic (exact) mass is 261 g/mol. The van der Waals surface area contributed by atoms with Gasteiger partial charge in [0.1, 0.15) is 0 Å². The average molecular weight is 261 g/mol. The second-order valence-electron chi connectivity index (χ2n) is 6.06. The summed E-state index contributed by atoms with van der Waals surface area (Å²) in [7, 11) is 0. The molecule has 3 heteroatoms. The zero-order chi connectivity index (χ0) is 13.8. The Bertz CT molecular complexity index is 381. The third kappa shape index (κ3) is 3.93. The third-order valence-electron chi connectivity index (χ3n) is 3.86. The molecule has 0 radical (unpaired) electrons. The summed E-state index contributed by atoms with van der Waals surface area (Å²) in [6.07, 6.45) is 6.84. The highest BCUT2D eigenvalue weighted by Gasteiger charge is 2.29. The van der Waals surface area contributed by atoms with Crippen LogP contribution in [0.4, 0.5) is 5.69 Å². The molecule has 1 aromatic rings. The van der Waals surface area contributed by atoms with Crippen LogP contribution < -0.4 is 10.6 Å². The van der Waals surface area contributed by atoms with Crippen molar-refractivity contribution in [2.75, 3.05) is 11.4 Å². The lowest BCUT2D eigenvalue weighted by Gasteiger charge is -2.25. The highest BCUT2D eigenvalue weighted by molar-refractivity contribution is 5.47. The van der Waals surface area contributed by atoms with Crippen molar-refractivity contribution in [3.63, 3.8) is 0 Å². The molecule has 1 fully saturated rings. The van der Waals surface area contributed by atoms with Crippen LogP contribution in [0.2, 0.25) is 0 Å². The minimum Gasteiger partial charge on any atom is -0.367 e. The fraction of sp³-hybridized carbons (Fsp3) is 0.688. The Balaban J connectivity index is 2.04. The number of aromatic nitrogens is 1. The number of pyridine rings is 1. The highest BCUT2D eigenvalue weighted by atomic mass is 15.2. The number of hydrogen-bond acceptors (Lipinski definition) is 3. The Hall–Kier alpha value is -1.09. The van der Waals surface area contributed by atoms with Gasteiger partial charge in [0, 0.05) is 18.6 Å². The molecule has 1 saturated carbocycles. The van der Waals surface area contributed by atoms with Crippen LogP contribution in [0.5, 0.6) is 0 Å². The topological polar surface area (TPSA) is 42.1 Å². The Kier molecular flexibility index (Phi) is 4.81. The van der Waals surface area contributed by atoms with E-state index in [4.69, 9.17) is 5.73 Å². The van der Waals surface area contributed by atoms with Gasteiger partial charge in [-0.25, -0.2) is 0 Å². The Morgan fingerprint density at radius 2 is 2.11 bits per heavy atom. The SMILES string of the molecule is CC[C@@H](N)c1ccc(N(CCC(C)C)C2CC2)cn1. The van der Waals surface area contributed by atoms with Crippen LogP contribution in [-0.4, -0.2) is 17.6 Å². The van der Waals surface area contributed by atoms with E-state index in [0.29, 0.717) is 0 Å². The lowest BCUT2D eigenvalue weighted by Crippen LogP contribution is -2.28. The van der Waals surface area contributed by atoms with Crippen molar-refractivity contribution < 1.29 is 0 Å². The first-order valence-corrected chi connectivity index (χ1v) is 7.60. The molecule has 1 aliphatic rings. The highest BCUT2D eigenvalue weighted by Crippen LogP contribution is 2.32. The van der Waals surface area contributed by atoms with Gasteiger partial charge in [-0.15, -0.1) is 0 Å². The molecule has 1 aromatic heterocycles. The van der Waals surface area contributed by atoms with E-state index in [1.165, 1.54) is 24.9 Å². The van der Waals surface area contributed by atoms with Gasteiger partial charge in [-0.1, -0.05) is 20.8 Å². The van der Waals surface area contributed by atoms with Crippen molar-refractivity contribution in [3.8, 4) is 0 Å². The van der Waals surface area contributed by atoms with E-state index in [0.717, 1.165) is 30.6 Å². The van der Waals surface area contributed by atoms with E-state index in [1.807, 2.05) is 6.20 Å². The minimum absolute atomic E-state index is 0.0686. The summed E-state index contributed by atoms with van der Waals surface area (Å²) in [6, 6.07) is 5.09.